The molecule has 86 valence electrons. The fourth-order valence-electron chi connectivity index (χ4n) is 3.57. The minimum atomic E-state index is -0.865. The minimum absolute atomic E-state index is 0.000119. The maximum absolute atomic E-state index is 11.8. The Bertz CT molecular complexity index is 392. The van der Waals surface area contributed by atoms with Crippen molar-refractivity contribution < 1.29 is 19.1 Å². The fourth-order valence-corrected chi connectivity index (χ4v) is 3.57. The third-order valence-corrected chi connectivity index (χ3v) is 4.03. The van der Waals surface area contributed by atoms with Crippen LogP contribution in [0.15, 0.2) is 0 Å². The molecule has 1 saturated heterocycles. The lowest BCUT2D eigenvalue weighted by molar-refractivity contribution is -0.145. The molecule has 1 aliphatic heterocycles. The number of esters is 1. The number of imide groups is 1. The van der Waals surface area contributed by atoms with Crippen LogP contribution >= 0.6 is 0 Å². The Morgan fingerprint density at radius 1 is 1.38 bits per heavy atom. The highest BCUT2D eigenvalue weighted by Crippen LogP contribution is 2.57. The second kappa shape index (κ2) is 2.96. The van der Waals surface area contributed by atoms with Crippen LogP contribution in [0.2, 0.25) is 0 Å². The van der Waals surface area contributed by atoms with Crippen LogP contribution < -0.4 is 11.1 Å². The van der Waals surface area contributed by atoms with E-state index in [4.69, 9.17) is 10.5 Å². The monoisotopic (exact) mass is 224 g/mol. The van der Waals surface area contributed by atoms with E-state index >= 15 is 0 Å². The number of hydrogen-bond acceptors (Lipinski definition) is 4. The van der Waals surface area contributed by atoms with E-state index in [-0.39, 0.29) is 29.8 Å². The minimum Gasteiger partial charge on any atom is -0.462 e. The van der Waals surface area contributed by atoms with Crippen LogP contribution in [0.4, 0.5) is 4.79 Å². The summed E-state index contributed by atoms with van der Waals surface area (Å²) in [6.07, 6.45) is 1.59. The normalized spacial score (nSPS) is 43.2. The lowest BCUT2D eigenvalue weighted by atomic mass is 9.79. The molecule has 3 fully saturated rings. The predicted octanol–water partition coefficient (Wildman–Crippen LogP) is -0.621. The van der Waals surface area contributed by atoms with Gasteiger partial charge in [-0.15, -0.1) is 0 Å². The van der Waals surface area contributed by atoms with E-state index in [9.17, 15) is 14.4 Å². The van der Waals surface area contributed by atoms with Gasteiger partial charge in [0.1, 0.15) is 6.10 Å². The molecule has 0 aromatic heterocycles. The molecule has 0 unspecified atom stereocenters. The topological polar surface area (TPSA) is 98.5 Å². The van der Waals surface area contributed by atoms with Gasteiger partial charge in [0.15, 0.2) is 0 Å². The van der Waals surface area contributed by atoms with Gasteiger partial charge < -0.3 is 10.5 Å². The molecule has 2 saturated carbocycles. The zero-order valence-electron chi connectivity index (χ0n) is 8.51. The molecule has 5 atom stereocenters. The second-order valence-corrected chi connectivity index (χ2v) is 4.78. The summed E-state index contributed by atoms with van der Waals surface area (Å²) in [5.74, 6) is -1.18. The number of carbonyl (C=O) groups is 3. The van der Waals surface area contributed by atoms with Gasteiger partial charge in [0.2, 0.25) is 5.91 Å². The van der Waals surface area contributed by atoms with Crippen molar-refractivity contribution in [3.8, 4) is 0 Å². The zero-order chi connectivity index (χ0) is 11.4. The van der Waals surface area contributed by atoms with Crippen LogP contribution in [0.3, 0.4) is 0 Å². The van der Waals surface area contributed by atoms with Gasteiger partial charge in [0, 0.05) is 5.92 Å². The highest BCUT2D eigenvalue weighted by molar-refractivity contribution is 5.97. The lowest BCUT2D eigenvalue weighted by Gasteiger charge is -2.22. The average molecular weight is 224 g/mol. The molecule has 1 heterocycles. The maximum atomic E-state index is 11.8. The van der Waals surface area contributed by atoms with E-state index in [0.717, 1.165) is 12.8 Å². The average Bonchev–Trinajstić information content (AvgIpc) is 2.75. The number of amides is 3. The SMILES string of the molecule is NC(=O)NC(=O)[C@@H]1[C@H]2C[C@H]3[C@@H]1C(=O)O[C@@H]3C2. The number of hydrogen-bond donors (Lipinski definition) is 2. The van der Waals surface area contributed by atoms with Crippen LogP contribution in [-0.4, -0.2) is 24.0 Å². The summed E-state index contributed by atoms with van der Waals surface area (Å²) in [5.41, 5.74) is 4.90. The van der Waals surface area contributed by atoms with Crippen LogP contribution in [-0.2, 0) is 14.3 Å². The number of nitrogens with two attached hydrogens (primary N) is 1. The first-order chi connectivity index (χ1) is 7.58. The summed E-state index contributed by atoms with van der Waals surface area (Å²) >= 11 is 0. The first kappa shape index (κ1) is 9.62. The molecule has 0 aromatic carbocycles. The van der Waals surface area contributed by atoms with Crippen molar-refractivity contribution in [1.29, 1.82) is 0 Å². The van der Waals surface area contributed by atoms with Crippen LogP contribution in [0.25, 0.3) is 0 Å². The summed E-state index contributed by atoms with van der Waals surface area (Å²) in [6.45, 7) is 0. The molecule has 2 aliphatic carbocycles. The van der Waals surface area contributed by atoms with E-state index in [1.165, 1.54) is 0 Å². The van der Waals surface area contributed by atoms with E-state index in [1.807, 2.05) is 0 Å². The van der Waals surface area contributed by atoms with Crippen LogP contribution in [0.5, 0.6) is 0 Å². The van der Waals surface area contributed by atoms with E-state index in [1.54, 1.807) is 0 Å². The molecule has 3 rings (SSSR count). The number of urea groups is 1. The van der Waals surface area contributed by atoms with Gasteiger partial charge in [0.25, 0.3) is 0 Å². The van der Waals surface area contributed by atoms with Gasteiger partial charge in [-0.25, -0.2) is 4.79 Å². The summed E-state index contributed by atoms with van der Waals surface area (Å²) < 4.78 is 5.19. The number of primary amides is 1. The number of ether oxygens (including phenoxy) is 1. The first-order valence-electron chi connectivity index (χ1n) is 5.38. The Morgan fingerprint density at radius 3 is 2.81 bits per heavy atom. The zero-order valence-corrected chi connectivity index (χ0v) is 8.51. The maximum Gasteiger partial charge on any atom is 0.318 e. The summed E-state index contributed by atoms with van der Waals surface area (Å²) in [7, 11) is 0. The first-order valence-corrected chi connectivity index (χ1v) is 5.38. The van der Waals surface area contributed by atoms with Crippen molar-refractivity contribution in [2.45, 2.75) is 18.9 Å². The van der Waals surface area contributed by atoms with Gasteiger partial charge in [-0.05, 0) is 18.8 Å². The van der Waals surface area contributed by atoms with Crippen molar-refractivity contribution in [3.63, 3.8) is 0 Å². The third kappa shape index (κ3) is 1.10. The van der Waals surface area contributed by atoms with Gasteiger partial charge in [0.05, 0.1) is 11.8 Å². The summed E-state index contributed by atoms with van der Waals surface area (Å²) in [5, 5.41) is 2.07. The largest absolute Gasteiger partial charge is 0.462 e. The molecule has 0 aromatic rings. The number of nitrogens with one attached hydrogen (secondary N) is 1. The third-order valence-electron chi connectivity index (χ3n) is 4.03. The molecule has 0 radical (unpaired) electrons. The lowest BCUT2D eigenvalue weighted by Crippen LogP contribution is -2.44. The molecule has 6 nitrogen and oxygen atoms in total. The van der Waals surface area contributed by atoms with Gasteiger partial charge in [-0.3, -0.25) is 14.9 Å². The highest BCUT2D eigenvalue weighted by Gasteiger charge is 2.63. The standard InChI is InChI=1S/C10H12N2O4/c11-10(15)12-8(13)6-3-1-4-5(2-3)16-9(14)7(4)6/h3-7H,1-2H2,(H3,11,12,13,15)/t3-,4+,5+,6+,7-/m0/s1. The van der Waals surface area contributed by atoms with Gasteiger partial charge >= 0.3 is 12.0 Å². The van der Waals surface area contributed by atoms with Crippen molar-refractivity contribution in [1.82, 2.24) is 5.32 Å². The molecule has 3 amide bonds. The quantitative estimate of drug-likeness (QED) is 0.580. The fraction of sp³-hybridized carbons (Fsp3) is 0.700. The van der Waals surface area contributed by atoms with Crippen molar-refractivity contribution in [3.05, 3.63) is 0 Å². The molecule has 2 bridgehead atoms. The summed E-state index contributed by atoms with van der Waals surface area (Å²) in [6, 6.07) is -0.865. The smallest absolute Gasteiger partial charge is 0.318 e. The van der Waals surface area contributed by atoms with Gasteiger partial charge in [-0.1, -0.05) is 0 Å². The Morgan fingerprint density at radius 2 is 2.12 bits per heavy atom. The van der Waals surface area contributed by atoms with Crippen LogP contribution in [0, 0.1) is 23.7 Å². The molecule has 16 heavy (non-hydrogen) atoms. The Balaban J connectivity index is 1.84. The Hall–Kier alpha value is -1.59. The predicted molar refractivity (Wildman–Crippen MR) is 50.8 cm³/mol. The highest BCUT2D eigenvalue weighted by atomic mass is 16.6. The molecule has 0 spiro atoms. The molecule has 3 N–H and O–H groups in total. The van der Waals surface area contributed by atoms with E-state index < -0.39 is 17.9 Å². The van der Waals surface area contributed by atoms with Crippen LogP contribution in [0.1, 0.15) is 12.8 Å². The van der Waals surface area contributed by atoms with Gasteiger partial charge in [-0.2, -0.15) is 0 Å². The van der Waals surface area contributed by atoms with Crippen molar-refractivity contribution >= 4 is 17.9 Å². The number of carbonyl (C=O) groups excluding carboxylic acids is 3. The second-order valence-electron chi connectivity index (χ2n) is 4.78. The molecule has 3 aliphatic rings. The summed E-state index contributed by atoms with van der Waals surface area (Å²) in [4.78, 5) is 34.0. The Labute approximate surface area is 91.5 Å². The Kier molecular flexibility index (Phi) is 1.78. The van der Waals surface area contributed by atoms with Crippen molar-refractivity contribution in [2.75, 3.05) is 0 Å². The van der Waals surface area contributed by atoms with E-state index in [2.05, 4.69) is 5.32 Å². The van der Waals surface area contributed by atoms with E-state index in [0.29, 0.717) is 0 Å². The molecule has 6 heteroatoms. The van der Waals surface area contributed by atoms with Crippen molar-refractivity contribution in [2.24, 2.45) is 29.4 Å². The molecular weight excluding hydrogens is 212 g/mol. The number of fused-ring (bicyclic) bond motifs is 1. The number of rotatable bonds is 1. The molecular formula is C10H12N2O4.